The Labute approximate surface area is 128 Å². The maximum absolute atomic E-state index is 13.8. The molecule has 3 aromatic rings. The fourth-order valence-corrected chi connectivity index (χ4v) is 2.36. The monoisotopic (exact) mass is 293 g/mol. The second-order valence-corrected chi connectivity index (χ2v) is 5.00. The number of aryl methyl sites for hydroxylation is 1. The van der Waals surface area contributed by atoms with Crippen LogP contribution in [0.2, 0.25) is 0 Å². The van der Waals surface area contributed by atoms with Crippen LogP contribution in [-0.2, 0) is 12.8 Å². The third kappa shape index (κ3) is 3.01. The standard InChI is InChI=1S/C18H16FN3/c1-2-16-14(11-13-7-3-4-8-15(13)19)12-21-18(22-16)17-9-5-6-10-20-17/h3-10,12H,2,11H2,1H3. The van der Waals surface area contributed by atoms with E-state index in [1.165, 1.54) is 6.07 Å². The van der Waals surface area contributed by atoms with Crippen molar-refractivity contribution in [2.45, 2.75) is 19.8 Å². The fourth-order valence-electron chi connectivity index (χ4n) is 2.36. The molecule has 3 nitrogen and oxygen atoms in total. The average molecular weight is 293 g/mol. The van der Waals surface area contributed by atoms with E-state index in [0.717, 1.165) is 23.4 Å². The molecule has 0 aliphatic rings. The van der Waals surface area contributed by atoms with Crippen molar-refractivity contribution >= 4 is 0 Å². The van der Waals surface area contributed by atoms with E-state index in [-0.39, 0.29) is 5.82 Å². The van der Waals surface area contributed by atoms with Gasteiger partial charge in [-0.15, -0.1) is 0 Å². The van der Waals surface area contributed by atoms with Crippen molar-refractivity contribution in [3.63, 3.8) is 0 Å². The van der Waals surface area contributed by atoms with E-state index in [9.17, 15) is 4.39 Å². The van der Waals surface area contributed by atoms with Gasteiger partial charge in [-0.1, -0.05) is 31.2 Å². The molecule has 0 saturated heterocycles. The van der Waals surface area contributed by atoms with E-state index in [1.807, 2.05) is 31.2 Å². The minimum Gasteiger partial charge on any atom is -0.253 e. The lowest BCUT2D eigenvalue weighted by Gasteiger charge is -2.09. The highest BCUT2D eigenvalue weighted by Crippen LogP contribution is 2.18. The summed E-state index contributed by atoms with van der Waals surface area (Å²) < 4.78 is 13.8. The van der Waals surface area contributed by atoms with Crippen LogP contribution >= 0.6 is 0 Å². The van der Waals surface area contributed by atoms with Crippen LogP contribution in [0.5, 0.6) is 0 Å². The molecule has 0 spiro atoms. The summed E-state index contributed by atoms with van der Waals surface area (Å²) in [5, 5.41) is 0. The zero-order valence-electron chi connectivity index (χ0n) is 12.3. The summed E-state index contributed by atoms with van der Waals surface area (Å²) >= 11 is 0. The van der Waals surface area contributed by atoms with Gasteiger partial charge in [-0.3, -0.25) is 4.98 Å². The predicted molar refractivity (Wildman–Crippen MR) is 83.8 cm³/mol. The largest absolute Gasteiger partial charge is 0.253 e. The highest BCUT2D eigenvalue weighted by Gasteiger charge is 2.10. The van der Waals surface area contributed by atoms with Crippen LogP contribution in [0.4, 0.5) is 4.39 Å². The maximum atomic E-state index is 13.8. The lowest BCUT2D eigenvalue weighted by atomic mass is 10.0. The first kappa shape index (κ1) is 14.3. The Morgan fingerprint density at radius 2 is 1.77 bits per heavy atom. The Morgan fingerprint density at radius 3 is 2.50 bits per heavy atom. The number of hydrogen-bond donors (Lipinski definition) is 0. The molecular weight excluding hydrogens is 277 g/mol. The second kappa shape index (κ2) is 6.43. The van der Waals surface area contributed by atoms with Crippen LogP contribution in [0.25, 0.3) is 11.5 Å². The van der Waals surface area contributed by atoms with Gasteiger partial charge in [0.15, 0.2) is 5.82 Å². The molecule has 2 aromatic heterocycles. The van der Waals surface area contributed by atoms with Gasteiger partial charge in [0, 0.05) is 24.5 Å². The Bertz CT molecular complexity index is 772. The maximum Gasteiger partial charge on any atom is 0.178 e. The molecule has 0 N–H and O–H groups in total. The molecule has 1 aromatic carbocycles. The van der Waals surface area contributed by atoms with Crippen molar-refractivity contribution in [3.05, 3.63) is 77.5 Å². The molecule has 22 heavy (non-hydrogen) atoms. The van der Waals surface area contributed by atoms with E-state index in [1.54, 1.807) is 24.5 Å². The van der Waals surface area contributed by atoms with Crippen LogP contribution in [0.15, 0.2) is 54.9 Å². The van der Waals surface area contributed by atoms with Crippen LogP contribution in [0, 0.1) is 5.82 Å². The Kier molecular flexibility index (Phi) is 4.19. The number of benzene rings is 1. The van der Waals surface area contributed by atoms with Crippen molar-refractivity contribution in [3.8, 4) is 11.5 Å². The fraction of sp³-hybridized carbons (Fsp3) is 0.167. The average Bonchev–Trinajstić information content (AvgIpc) is 2.58. The van der Waals surface area contributed by atoms with Crippen LogP contribution in [0.1, 0.15) is 23.7 Å². The smallest absolute Gasteiger partial charge is 0.178 e. The normalized spacial score (nSPS) is 10.6. The zero-order chi connectivity index (χ0) is 15.4. The number of aromatic nitrogens is 3. The first-order chi connectivity index (χ1) is 10.8. The number of pyridine rings is 1. The minimum absolute atomic E-state index is 0.196. The lowest BCUT2D eigenvalue weighted by molar-refractivity contribution is 0.613. The van der Waals surface area contributed by atoms with Gasteiger partial charge in [0.1, 0.15) is 11.5 Å². The number of nitrogens with zero attached hydrogens (tertiary/aromatic N) is 3. The van der Waals surface area contributed by atoms with Gasteiger partial charge in [-0.25, -0.2) is 14.4 Å². The molecule has 0 aliphatic carbocycles. The molecular formula is C18H16FN3. The number of halogens is 1. The summed E-state index contributed by atoms with van der Waals surface area (Å²) in [6.07, 6.45) is 4.77. The molecule has 110 valence electrons. The highest BCUT2D eigenvalue weighted by molar-refractivity contribution is 5.49. The van der Waals surface area contributed by atoms with Crippen LogP contribution < -0.4 is 0 Å². The van der Waals surface area contributed by atoms with E-state index < -0.39 is 0 Å². The van der Waals surface area contributed by atoms with Gasteiger partial charge < -0.3 is 0 Å². The Hall–Kier alpha value is -2.62. The Balaban J connectivity index is 1.95. The third-order valence-electron chi connectivity index (χ3n) is 3.52. The first-order valence-corrected chi connectivity index (χ1v) is 7.27. The molecule has 3 rings (SSSR count). The molecule has 2 heterocycles. The van der Waals surface area contributed by atoms with Crippen molar-refractivity contribution in [1.29, 1.82) is 0 Å². The van der Waals surface area contributed by atoms with Crippen molar-refractivity contribution in [2.24, 2.45) is 0 Å². The molecule has 0 aliphatic heterocycles. The van der Waals surface area contributed by atoms with Crippen LogP contribution in [0.3, 0.4) is 0 Å². The van der Waals surface area contributed by atoms with Gasteiger partial charge in [-0.2, -0.15) is 0 Å². The summed E-state index contributed by atoms with van der Waals surface area (Å²) in [4.78, 5) is 13.2. The molecule has 0 amide bonds. The van der Waals surface area contributed by atoms with E-state index in [0.29, 0.717) is 17.8 Å². The van der Waals surface area contributed by atoms with Crippen molar-refractivity contribution in [2.75, 3.05) is 0 Å². The molecule has 4 heteroatoms. The summed E-state index contributed by atoms with van der Waals surface area (Å²) in [6, 6.07) is 12.4. The molecule has 0 atom stereocenters. The van der Waals surface area contributed by atoms with Gasteiger partial charge >= 0.3 is 0 Å². The quantitative estimate of drug-likeness (QED) is 0.734. The third-order valence-corrected chi connectivity index (χ3v) is 3.52. The first-order valence-electron chi connectivity index (χ1n) is 7.27. The van der Waals surface area contributed by atoms with Crippen LogP contribution in [-0.4, -0.2) is 15.0 Å². The van der Waals surface area contributed by atoms with E-state index >= 15 is 0 Å². The SMILES string of the molecule is CCc1nc(-c2ccccn2)ncc1Cc1ccccc1F. The lowest BCUT2D eigenvalue weighted by Crippen LogP contribution is -2.03. The topological polar surface area (TPSA) is 38.7 Å². The van der Waals surface area contributed by atoms with Gasteiger partial charge in [0.05, 0.1) is 0 Å². The van der Waals surface area contributed by atoms with Gasteiger partial charge in [0.2, 0.25) is 0 Å². The van der Waals surface area contributed by atoms with Gasteiger partial charge in [-0.05, 0) is 35.7 Å². The van der Waals surface area contributed by atoms with E-state index in [4.69, 9.17) is 0 Å². The summed E-state index contributed by atoms with van der Waals surface area (Å²) in [5.41, 5.74) is 3.28. The summed E-state index contributed by atoms with van der Waals surface area (Å²) in [5.74, 6) is 0.410. The van der Waals surface area contributed by atoms with Gasteiger partial charge in [0.25, 0.3) is 0 Å². The zero-order valence-corrected chi connectivity index (χ0v) is 12.3. The molecule has 0 unspecified atom stereocenters. The second-order valence-electron chi connectivity index (χ2n) is 5.00. The summed E-state index contributed by atoms with van der Waals surface area (Å²) in [6.45, 7) is 2.04. The highest BCUT2D eigenvalue weighted by atomic mass is 19.1. The number of rotatable bonds is 4. The molecule has 0 saturated carbocycles. The predicted octanol–water partition coefficient (Wildman–Crippen LogP) is 3.83. The number of hydrogen-bond acceptors (Lipinski definition) is 3. The van der Waals surface area contributed by atoms with Crippen molar-refractivity contribution < 1.29 is 4.39 Å². The van der Waals surface area contributed by atoms with E-state index in [2.05, 4.69) is 15.0 Å². The van der Waals surface area contributed by atoms with Crippen molar-refractivity contribution in [1.82, 2.24) is 15.0 Å². The Morgan fingerprint density at radius 1 is 0.955 bits per heavy atom. The molecule has 0 fully saturated rings. The summed E-state index contributed by atoms with van der Waals surface area (Å²) in [7, 11) is 0. The molecule has 0 radical (unpaired) electrons. The molecule has 0 bridgehead atoms. The minimum atomic E-state index is -0.196.